The minimum Gasteiger partial charge on any atom is -0.478 e. The van der Waals surface area contributed by atoms with E-state index in [0.29, 0.717) is 24.6 Å². The van der Waals surface area contributed by atoms with Crippen molar-refractivity contribution in [2.24, 2.45) is 0 Å². The summed E-state index contributed by atoms with van der Waals surface area (Å²) >= 11 is 0. The maximum absolute atomic E-state index is 13.3. The number of carbonyl (C=O) groups is 2. The van der Waals surface area contributed by atoms with Gasteiger partial charge in [-0.2, -0.15) is 0 Å². The number of ether oxygens (including phenoxy) is 2. The van der Waals surface area contributed by atoms with Gasteiger partial charge in [-0.3, -0.25) is 9.59 Å². The second-order valence-electron chi connectivity index (χ2n) is 10.3. The van der Waals surface area contributed by atoms with Crippen molar-refractivity contribution in [3.05, 3.63) is 145 Å². The molecule has 2 fully saturated rings. The molecule has 210 valence electrons. The Morgan fingerprint density at radius 3 is 1.19 bits per heavy atom. The minimum absolute atomic E-state index is 0.0944. The van der Waals surface area contributed by atoms with Gasteiger partial charge in [0.05, 0.1) is 12.1 Å². The molecule has 0 saturated carbocycles. The third kappa shape index (κ3) is 5.98. The number of para-hydroxylation sites is 2. The predicted molar refractivity (Wildman–Crippen MR) is 164 cm³/mol. The van der Waals surface area contributed by atoms with Crippen LogP contribution in [0.4, 0.5) is 0 Å². The van der Waals surface area contributed by atoms with Crippen molar-refractivity contribution in [2.45, 2.75) is 24.3 Å². The highest BCUT2D eigenvalue weighted by Gasteiger charge is 2.51. The SMILES string of the molecule is O=C1[C@@H](Oc2ccccc2)[C@@H](/C=C/c2ccccc2)N1CCN1C(=O)[C@@H](Oc2ccccc2)[C@H]1/C=C/c1ccccc1. The highest BCUT2D eigenvalue weighted by Crippen LogP contribution is 2.30. The average Bonchev–Trinajstić information content (AvgIpc) is 3.05. The predicted octanol–water partition coefficient (Wildman–Crippen LogP) is 5.73. The van der Waals surface area contributed by atoms with Crippen LogP contribution in [0.3, 0.4) is 0 Å². The van der Waals surface area contributed by atoms with Gasteiger partial charge in [0.15, 0.2) is 0 Å². The fourth-order valence-corrected chi connectivity index (χ4v) is 5.30. The Bertz CT molecular complexity index is 1420. The third-order valence-electron chi connectivity index (χ3n) is 7.56. The molecule has 2 aliphatic heterocycles. The number of nitrogens with zero attached hydrogens (tertiary/aromatic N) is 2. The van der Waals surface area contributed by atoms with Crippen LogP contribution in [0.25, 0.3) is 12.2 Å². The van der Waals surface area contributed by atoms with Gasteiger partial charge in [0.25, 0.3) is 11.8 Å². The summed E-state index contributed by atoms with van der Waals surface area (Å²) in [4.78, 5) is 30.2. The highest BCUT2D eigenvalue weighted by atomic mass is 16.5. The van der Waals surface area contributed by atoms with E-state index in [2.05, 4.69) is 0 Å². The molecule has 6 nitrogen and oxygen atoms in total. The summed E-state index contributed by atoms with van der Waals surface area (Å²) in [5.74, 6) is 1.11. The number of carbonyl (C=O) groups excluding carboxylic acids is 2. The van der Waals surface area contributed by atoms with Crippen LogP contribution in [0.2, 0.25) is 0 Å². The van der Waals surface area contributed by atoms with Crippen molar-refractivity contribution in [1.29, 1.82) is 0 Å². The lowest BCUT2D eigenvalue weighted by Crippen LogP contribution is -2.70. The molecule has 2 amide bonds. The number of rotatable bonds is 11. The van der Waals surface area contributed by atoms with E-state index in [1.54, 1.807) is 9.80 Å². The van der Waals surface area contributed by atoms with E-state index in [0.717, 1.165) is 11.1 Å². The van der Waals surface area contributed by atoms with Crippen LogP contribution in [0.15, 0.2) is 133 Å². The number of likely N-dealkylation sites (tertiary alicyclic amines) is 2. The summed E-state index contributed by atoms with van der Waals surface area (Å²) < 4.78 is 12.2. The topological polar surface area (TPSA) is 59.1 Å². The molecule has 6 rings (SSSR count). The Morgan fingerprint density at radius 1 is 0.500 bits per heavy atom. The molecule has 0 aromatic heterocycles. The standard InChI is InChI=1S/C36H32N2O4/c39-35-33(41-29-17-9-3-10-18-29)31(23-21-27-13-5-1-6-14-27)37(35)25-26-38-32(24-22-28-15-7-2-8-16-28)34(36(38)40)42-30-19-11-4-12-20-30/h1-24,31-34H,25-26H2/b23-21+,24-22+/t31-,32-,33+,34+/m1/s1. The summed E-state index contributed by atoms with van der Waals surface area (Å²) in [6.45, 7) is 0.771. The van der Waals surface area contributed by atoms with Gasteiger partial charge in [0.1, 0.15) is 11.5 Å². The number of benzene rings is 4. The molecule has 42 heavy (non-hydrogen) atoms. The molecule has 2 heterocycles. The average molecular weight is 557 g/mol. The van der Waals surface area contributed by atoms with E-state index in [-0.39, 0.29) is 23.9 Å². The first-order chi connectivity index (χ1) is 20.7. The third-order valence-corrected chi connectivity index (χ3v) is 7.56. The molecular formula is C36H32N2O4. The number of β-lactam (4-membered cyclic amide) rings is 2. The van der Waals surface area contributed by atoms with Crippen LogP contribution >= 0.6 is 0 Å². The zero-order valence-electron chi connectivity index (χ0n) is 23.1. The van der Waals surface area contributed by atoms with Gasteiger partial charge in [-0.1, -0.05) is 121 Å². The first-order valence-corrected chi connectivity index (χ1v) is 14.2. The Labute approximate surface area is 246 Å². The summed E-state index contributed by atoms with van der Waals surface area (Å²) in [6, 6.07) is 38.2. The lowest BCUT2D eigenvalue weighted by molar-refractivity contribution is -0.166. The van der Waals surface area contributed by atoms with Crippen LogP contribution < -0.4 is 9.47 Å². The summed E-state index contributed by atoms with van der Waals surface area (Å²) in [6.07, 6.45) is 6.79. The zero-order valence-corrected chi connectivity index (χ0v) is 23.1. The van der Waals surface area contributed by atoms with Crippen LogP contribution in [-0.4, -0.2) is 59.0 Å². The second-order valence-corrected chi connectivity index (χ2v) is 10.3. The molecule has 0 N–H and O–H groups in total. The van der Waals surface area contributed by atoms with Gasteiger partial charge in [0.2, 0.25) is 12.2 Å². The van der Waals surface area contributed by atoms with Crippen molar-refractivity contribution >= 4 is 24.0 Å². The molecule has 4 atom stereocenters. The molecule has 4 aromatic rings. The molecule has 6 heteroatoms. The van der Waals surface area contributed by atoms with E-state index in [4.69, 9.17) is 9.47 Å². The maximum atomic E-state index is 13.3. The minimum atomic E-state index is -0.623. The van der Waals surface area contributed by atoms with Crippen molar-refractivity contribution < 1.29 is 19.1 Å². The van der Waals surface area contributed by atoms with Gasteiger partial charge >= 0.3 is 0 Å². The molecule has 0 aliphatic carbocycles. The zero-order chi connectivity index (χ0) is 28.7. The van der Waals surface area contributed by atoms with Crippen LogP contribution in [0, 0.1) is 0 Å². The number of amides is 2. The van der Waals surface area contributed by atoms with Crippen molar-refractivity contribution in [3.8, 4) is 11.5 Å². The highest BCUT2D eigenvalue weighted by molar-refractivity contribution is 5.91. The van der Waals surface area contributed by atoms with Gasteiger partial charge in [-0.05, 0) is 35.4 Å². The number of hydrogen-bond donors (Lipinski definition) is 0. The van der Waals surface area contributed by atoms with Gasteiger partial charge in [-0.15, -0.1) is 0 Å². The van der Waals surface area contributed by atoms with Gasteiger partial charge in [0, 0.05) is 13.1 Å². The van der Waals surface area contributed by atoms with Crippen molar-refractivity contribution in [3.63, 3.8) is 0 Å². The summed E-state index contributed by atoms with van der Waals surface area (Å²) in [5.41, 5.74) is 2.08. The van der Waals surface area contributed by atoms with E-state index in [9.17, 15) is 9.59 Å². The Kier molecular flexibility index (Phi) is 8.13. The quantitative estimate of drug-likeness (QED) is 0.222. The molecule has 2 aliphatic rings. The first kappa shape index (κ1) is 27.1. The van der Waals surface area contributed by atoms with E-state index in [1.807, 2.05) is 146 Å². The second kappa shape index (κ2) is 12.6. The molecular weight excluding hydrogens is 524 g/mol. The fourth-order valence-electron chi connectivity index (χ4n) is 5.30. The van der Waals surface area contributed by atoms with Gasteiger partial charge < -0.3 is 19.3 Å². The molecule has 0 unspecified atom stereocenters. The van der Waals surface area contributed by atoms with E-state index in [1.165, 1.54) is 0 Å². The Morgan fingerprint density at radius 2 is 0.833 bits per heavy atom. The van der Waals surface area contributed by atoms with Crippen molar-refractivity contribution in [2.75, 3.05) is 13.1 Å². The molecule has 0 radical (unpaired) electrons. The molecule has 4 aromatic carbocycles. The van der Waals surface area contributed by atoms with E-state index >= 15 is 0 Å². The van der Waals surface area contributed by atoms with Gasteiger partial charge in [-0.25, -0.2) is 0 Å². The number of hydrogen-bond acceptors (Lipinski definition) is 4. The normalized spacial score (nSPS) is 21.8. The van der Waals surface area contributed by atoms with Crippen LogP contribution in [-0.2, 0) is 9.59 Å². The lowest BCUT2D eigenvalue weighted by atomic mass is 9.94. The Hall–Kier alpha value is -5.10. The van der Waals surface area contributed by atoms with Crippen LogP contribution in [0.1, 0.15) is 11.1 Å². The molecule has 2 saturated heterocycles. The van der Waals surface area contributed by atoms with Crippen molar-refractivity contribution in [1.82, 2.24) is 9.80 Å². The monoisotopic (exact) mass is 556 g/mol. The summed E-state index contributed by atoms with van der Waals surface area (Å²) in [5, 5.41) is 0. The molecule has 0 bridgehead atoms. The maximum Gasteiger partial charge on any atom is 0.266 e. The summed E-state index contributed by atoms with van der Waals surface area (Å²) in [7, 11) is 0. The first-order valence-electron chi connectivity index (χ1n) is 14.2. The van der Waals surface area contributed by atoms with E-state index < -0.39 is 12.2 Å². The molecule has 0 spiro atoms. The fraction of sp³-hybridized carbons (Fsp3) is 0.167. The smallest absolute Gasteiger partial charge is 0.266 e. The Balaban J connectivity index is 1.18. The van der Waals surface area contributed by atoms with Crippen LogP contribution in [0.5, 0.6) is 11.5 Å². The largest absolute Gasteiger partial charge is 0.478 e. The lowest BCUT2D eigenvalue weighted by Gasteiger charge is -2.49.